The molecule has 3 aromatic rings. The van der Waals surface area contributed by atoms with Crippen LogP contribution in [0.3, 0.4) is 0 Å². The van der Waals surface area contributed by atoms with E-state index in [9.17, 15) is 4.79 Å². The molecule has 6 heteroatoms. The van der Waals surface area contributed by atoms with Crippen molar-refractivity contribution in [3.05, 3.63) is 77.1 Å². The zero-order valence-corrected chi connectivity index (χ0v) is 12.4. The molecule has 3 N–H and O–H groups in total. The second kappa shape index (κ2) is 6.41. The van der Waals surface area contributed by atoms with E-state index >= 15 is 0 Å². The van der Waals surface area contributed by atoms with Crippen LogP contribution in [0.1, 0.15) is 27.3 Å². The van der Waals surface area contributed by atoms with E-state index in [4.69, 9.17) is 10.8 Å². The second-order valence-electron chi connectivity index (χ2n) is 5.12. The molecule has 6 nitrogen and oxygen atoms in total. The van der Waals surface area contributed by atoms with Crippen LogP contribution in [0.25, 0.3) is 5.69 Å². The van der Waals surface area contributed by atoms with Gasteiger partial charge in [-0.05, 0) is 23.8 Å². The monoisotopic (exact) mass is 308 g/mol. The van der Waals surface area contributed by atoms with E-state index in [0.717, 1.165) is 11.3 Å². The van der Waals surface area contributed by atoms with Gasteiger partial charge in [-0.1, -0.05) is 41.6 Å². The highest BCUT2D eigenvalue weighted by atomic mass is 16.4. The Morgan fingerprint density at radius 1 is 1.13 bits per heavy atom. The molecule has 0 radical (unpaired) electrons. The summed E-state index contributed by atoms with van der Waals surface area (Å²) in [5, 5.41) is 17.4. The Balaban J connectivity index is 2.05. The number of rotatable bonds is 5. The highest BCUT2D eigenvalue weighted by Gasteiger charge is 2.15. The van der Waals surface area contributed by atoms with Crippen molar-refractivity contribution in [2.24, 2.45) is 5.73 Å². The maximum absolute atomic E-state index is 11.2. The molecule has 23 heavy (non-hydrogen) atoms. The first-order chi connectivity index (χ1) is 11.2. The van der Waals surface area contributed by atoms with Crippen molar-refractivity contribution in [3.63, 3.8) is 0 Å². The second-order valence-corrected chi connectivity index (χ2v) is 5.12. The van der Waals surface area contributed by atoms with E-state index in [2.05, 4.69) is 10.3 Å². The van der Waals surface area contributed by atoms with E-state index in [1.807, 2.05) is 30.3 Å². The van der Waals surface area contributed by atoms with Gasteiger partial charge in [0, 0.05) is 13.0 Å². The van der Waals surface area contributed by atoms with Crippen LogP contribution in [0, 0.1) is 0 Å². The minimum Gasteiger partial charge on any atom is -0.478 e. The van der Waals surface area contributed by atoms with Crippen molar-refractivity contribution in [2.45, 2.75) is 13.0 Å². The zero-order chi connectivity index (χ0) is 16.2. The van der Waals surface area contributed by atoms with Crippen LogP contribution >= 0.6 is 0 Å². The Labute approximate surface area is 133 Å². The highest BCUT2D eigenvalue weighted by Crippen LogP contribution is 2.18. The van der Waals surface area contributed by atoms with E-state index in [0.29, 0.717) is 17.8 Å². The normalized spacial score (nSPS) is 10.7. The molecule has 3 rings (SSSR count). The standard InChI is InChI=1S/C17H16N4O2/c18-11-15-16(9-12-5-2-1-3-6-12)21(20-19-15)14-8-4-7-13(10-14)17(22)23/h1-8,10H,9,11,18H2,(H,22,23). The number of hydrogen-bond acceptors (Lipinski definition) is 4. The maximum atomic E-state index is 11.2. The molecule has 0 bridgehead atoms. The SMILES string of the molecule is NCc1nnn(-c2cccc(C(=O)O)c2)c1Cc1ccccc1. The minimum absolute atomic E-state index is 0.206. The third kappa shape index (κ3) is 3.12. The first kappa shape index (κ1) is 14.9. The van der Waals surface area contributed by atoms with Crippen LogP contribution in [0.4, 0.5) is 0 Å². The summed E-state index contributed by atoms with van der Waals surface area (Å²) in [5.74, 6) is -0.976. The summed E-state index contributed by atoms with van der Waals surface area (Å²) < 4.78 is 1.65. The summed E-state index contributed by atoms with van der Waals surface area (Å²) in [6, 6.07) is 16.5. The Morgan fingerprint density at radius 2 is 1.91 bits per heavy atom. The van der Waals surface area contributed by atoms with Crippen LogP contribution < -0.4 is 5.73 Å². The molecule has 116 valence electrons. The number of nitrogens with zero attached hydrogens (tertiary/aromatic N) is 3. The fraction of sp³-hybridized carbons (Fsp3) is 0.118. The predicted molar refractivity (Wildman–Crippen MR) is 85.5 cm³/mol. The predicted octanol–water partition coefficient (Wildman–Crippen LogP) is 2.01. The van der Waals surface area contributed by atoms with E-state index in [1.54, 1.807) is 28.9 Å². The molecule has 0 saturated heterocycles. The average Bonchev–Trinajstić information content (AvgIpc) is 2.98. The summed E-state index contributed by atoms with van der Waals surface area (Å²) in [7, 11) is 0. The first-order valence-corrected chi connectivity index (χ1v) is 7.20. The number of nitrogens with two attached hydrogens (primary N) is 1. The maximum Gasteiger partial charge on any atom is 0.335 e. The Kier molecular flexibility index (Phi) is 4.16. The van der Waals surface area contributed by atoms with Crippen molar-refractivity contribution in [2.75, 3.05) is 0 Å². The molecule has 2 aromatic carbocycles. The van der Waals surface area contributed by atoms with Gasteiger partial charge in [0.15, 0.2) is 0 Å². The van der Waals surface area contributed by atoms with Crippen LogP contribution in [0.2, 0.25) is 0 Å². The molecule has 0 aliphatic carbocycles. The van der Waals surface area contributed by atoms with Crippen LogP contribution in [-0.4, -0.2) is 26.1 Å². The summed E-state index contributed by atoms with van der Waals surface area (Å²) in [6.45, 7) is 0.279. The molecular weight excluding hydrogens is 292 g/mol. The number of hydrogen-bond donors (Lipinski definition) is 2. The van der Waals surface area contributed by atoms with Gasteiger partial charge in [-0.3, -0.25) is 0 Å². The van der Waals surface area contributed by atoms with Crippen molar-refractivity contribution < 1.29 is 9.90 Å². The average molecular weight is 308 g/mol. The molecule has 1 heterocycles. The van der Waals surface area contributed by atoms with Gasteiger partial charge in [0.05, 0.1) is 16.9 Å². The van der Waals surface area contributed by atoms with Gasteiger partial charge in [0.2, 0.25) is 0 Å². The lowest BCUT2D eigenvalue weighted by atomic mass is 10.1. The van der Waals surface area contributed by atoms with Crippen molar-refractivity contribution >= 4 is 5.97 Å². The third-order valence-corrected chi connectivity index (χ3v) is 3.59. The molecule has 0 spiro atoms. The third-order valence-electron chi connectivity index (χ3n) is 3.59. The van der Waals surface area contributed by atoms with E-state index < -0.39 is 5.97 Å². The molecule has 0 aliphatic rings. The van der Waals surface area contributed by atoms with E-state index in [1.165, 1.54) is 0 Å². The largest absolute Gasteiger partial charge is 0.478 e. The molecule has 0 amide bonds. The Hall–Kier alpha value is -2.99. The molecule has 0 atom stereocenters. The number of carbonyl (C=O) groups is 1. The number of carboxylic acid groups (broad SMARTS) is 1. The zero-order valence-electron chi connectivity index (χ0n) is 12.4. The fourth-order valence-electron chi connectivity index (χ4n) is 2.44. The minimum atomic E-state index is -0.976. The number of carboxylic acids is 1. The quantitative estimate of drug-likeness (QED) is 0.752. The van der Waals surface area contributed by atoms with Gasteiger partial charge in [0.25, 0.3) is 0 Å². The first-order valence-electron chi connectivity index (χ1n) is 7.20. The molecule has 0 aliphatic heterocycles. The lowest BCUT2D eigenvalue weighted by Crippen LogP contribution is -2.08. The van der Waals surface area contributed by atoms with Gasteiger partial charge >= 0.3 is 5.97 Å². The van der Waals surface area contributed by atoms with Gasteiger partial charge in [-0.2, -0.15) is 0 Å². The topological polar surface area (TPSA) is 94.0 Å². The molecule has 1 aromatic heterocycles. The summed E-state index contributed by atoms with van der Waals surface area (Å²) in [6.07, 6.45) is 0.623. The van der Waals surface area contributed by atoms with Crippen molar-refractivity contribution in [3.8, 4) is 5.69 Å². The van der Waals surface area contributed by atoms with E-state index in [-0.39, 0.29) is 12.1 Å². The smallest absolute Gasteiger partial charge is 0.335 e. The Bertz CT molecular complexity index is 828. The van der Waals surface area contributed by atoms with Gasteiger partial charge in [0.1, 0.15) is 5.69 Å². The summed E-state index contributed by atoms with van der Waals surface area (Å²) in [4.78, 5) is 11.2. The summed E-state index contributed by atoms with van der Waals surface area (Å²) >= 11 is 0. The summed E-state index contributed by atoms with van der Waals surface area (Å²) in [5.41, 5.74) is 9.30. The molecule has 0 unspecified atom stereocenters. The molecule has 0 fully saturated rings. The van der Waals surface area contributed by atoms with Crippen molar-refractivity contribution in [1.29, 1.82) is 0 Å². The van der Waals surface area contributed by atoms with Crippen molar-refractivity contribution in [1.82, 2.24) is 15.0 Å². The Morgan fingerprint density at radius 3 is 2.61 bits per heavy atom. The van der Waals surface area contributed by atoms with Gasteiger partial charge in [-0.15, -0.1) is 5.10 Å². The van der Waals surface area contributed by atoms with Crippen LogP contribution in [0.15, 0.2) is 54.6 Å². The van der Waals surface area contributed by atoms with Gasteiger partial charge in [-0.25, -0.2) is 9.48 Å². The lowest BCUT2D eigenvalue weighted by molar-refractivity contribution is 0.0697. The number of aromatic carboxylic acids is 1. The molecule has 0 saturated carbocycles. The van der Waals surface area contributed by atoms with Crippen LogP contribution in [-0.2, 0) is 13.0 Å². The number of benzene rings is 2. The van der Waals surface area contributed by atoms with Gasteiger partial charge < -0.3 is 10.8 Å². The highest BCUT2D eigenvalue weighted by molar-refractivity contribution is 5.88. The fourth-order valence-corrected chi connectivity index (χ4v) is 2.44. The van der Waals surface area contributed by atoms with Crippen LogP contribution in [0.5, 0.6) is 0 Å². The lowest BCUT2D eigenvalue weighted by Gasteiger charge is -2.08. The molecular formula is C17H16N4O2. The number of aromatic nitrogens is 3.